The summed E-state index contributed by atoms with van der Waals surface area (Å²) < 4.78 is 5.30. The third-order valence-corrected chi connectivity index (χ3v) is 3.18. The van der Waals surface area contributed by atoms with Crippen LogP contribution in [0, 0.1) is 0 Å². The summed E-state index contributed by atoms with van der Waals surface area (Å²) in [5.74, 6) is 0. The van der Waals surface area contributed by atoms with Crippen LogP contribution in [0.15, 0.2) is 5.10 Å². The van der Waals surface area contributed by atoms with Crippen molar-refractivity contribution in [2.24, 2.45) is 5.10 Å². The lowest BCUT2D eigenvalue weighted by molar-refractivity contribution is 0.0389. The van der Waals surface area contributed by atoms with Gasteiger partial charge in [0.2, 0.25) is 0 Å². The van der Waals surface area contributed by atoms with Crippen LogP contribution in [0.1, 0.15) is 26.7 Å². The highest BCUT2D eigenvalue weighted by Gasteiger charge is 2.09. The maximum absolute atomic E-state index is 5.30. The molecule has 1 aliphatic heterocycles. The number of hydrogen-bond donors (Lipinski definition) is 2. The Morgan fingerprint density at radius 3 is 2.56 bits per heavy atom. The molecule has 0 spiro atoms. The Kier molecular flexibility index (Phi) is 7.88. The van der Waals surface area contributed by atoms with E-state index >= 15 is 0 Å². The molecule has 0 radical (unpaired) electrons. The van der Waals surface area contributed by atoms with Gasteiger partial charge in [0.1, 0.15) is 0 Å². The molecular formula is C12H24N4OS. The zero-order valence-corrected chi connectivity index (χ0v) is 12.2. The average molecular weight is 272 g/mol. The van der Waals surface area contributed by atoms with Crippen molar-refractivity contribution in [1.82, 2.24) is 15.6 Å². The molecule has 2 N–H and O–H groups in total. The molecule has 0 aliphatic carbocycles. The van der Waals surface area contributed by atoms with Crippen molar-refractivity contribution in [3.63, 3.8) is 0 Å². The van der Waals surface area contributed by atoms with Gasteiger partial charge in [0, 0.05) is 31.9 Å². The molecule has 0 aromatic carbocycles. The summed E-state index contributed by atoms with van der Waals surface area (Å²) in [4.78, 5) is 2.37. The second kappa shape index (κ2) is 9.24. The fourth-order valence-electron chi connectivity index (χ4n) is 1.73. The summed E-state index contributed by atoms with van der Waals surface area (Å²) in [6.45, 7) is 9.72. The molecule has 1 saturated heterocycles. The monoisotopic (exact) mass is 272 g/mol. The molecule has 1 fully saturated rings. The number of rotatable bonds is 6. The standard InChI is InChI=1S/C12H24N4OS/c1-3-11(4-2)14-15-12(18)13-5-6-16-7-9-17-10-8-16/h3-10H2,1-2H3,(H2,13,15,18). The molecule has 1 heterocycles. The maximum atomic E-state index is 5.30. The van der Waals surface area contributed by atoms with Gasteiger partial charge in [0.05, 0.1) is 13.2 Å². The number of ether oxygens (including phenoxy) is 1. The van der Waals surface area contributed by atoms with Gasteiger partial charge in [-0.3, -0.25) is 10.3 Å². The molecule has 18 heavy (non-hydrogen) atoms. The summed E-state index contributed by atoms with van der Waals surface area (Å²) in [5.41, 5.74) is 4.02. The first-order valence-corrected chi connectivity index (χ1v) is 7.06. The Bertz CT molecular complexity index is 271. The summed E-state index contributed by atoms with van der Waals surface area (Å²) >= 11 is 5.16. The molecule has 6 heteroatoms. The molecule has 1 aliphatic rings. The SMILES string of the molecule is CCC(CC)=NNC(=S)NCCN1CCOCC1. The van der Waals surface area contributed by atoms with Crippen LogP contribution in [0.2, 0.25) is 0 Å². The predicted molar refractivity (Wildman–Crippen MR) is 79.0 cm³/mol. The molecular weight excluding hydrogens is 248 g/mol. The van der Waals surface area contributed by atoms with Gasteiger partial charge in [-0.1, -0.05) is 13.8 Å². The van der Waals surface area contributed by atoms with Gasteiger partial charge in [-0.15, -0.1) is 0 Å². The zero-order chi connectivity index (χ0) is 13.2. The summed E-state index contributed by atoms with van der Waals surface area (Å²) in [7, 11) is 0. The molecule has 0 aromatic rings. The number of nitrogens with zero attached hydrogens (tertiary/aromatic N) is 2. The quantitative estimate of drug-likeness (QED) is 0.428. The minimum atomic E-state index is 0.600. The van der Waals surface area contributed by atoms with Gasteiger partial charge in [0.15, 0.2) is 5.11 Å². The third-order valence-electron chi connectivity index (χ3n) is 2.95. The maximum Gasteiger partial charge on any atom is 0.186 e. The third kappa shape index (κ3) is 6.28. The smallest absolute Gasteiger partial charge is 0.186 e. The Morgan fingerprint density at radius 1 is 1.28 bits per heavy atom. The van der Waals surface area contributed by atoms with Crippen molar-refractivity contribution in [1.29, 1.82) is 0 Å². The van der Waals surface area contributed by atoms with Crippen molar-refractivity contribution in [3.05, 3.63) is 0 Å². The molecule has 5 nitrogen and oxygen atoms in total. The topological polar surface area (TPSA) is 48.9 Å². The van der Waals surface area contributed by atoms with Gasteiger partial charge in [-0.2, -0.15) is 5.10 Å². The van der Waals surface area contributed by atoms with Crippen molar-refractivity contribution < 1.29 is 4.74 Å². The van der Waals surface area contributed by atoms with Crippen molar-refractivity contribution >= 4 is 23.0 Å². The highest BCUT2D eigenvalue weighted by atomic mass is 32.1. The van der Waals surface area contributed by atoms with Crippen molar-refractivity contribution in [3.8, 4) is 0 Å². The second-order valence-electron chi connectivity index (χ2n) is 4.21. The molecule has 0 atom stereocenters. The minimum absolute atomic E-state index is 0.600. The normalized spacial score (nSPS) is 16.1. The lowest BCUT2D eigenvalue weighted by Gasteiger charge is -2.26. The van der Waals surface area contributed by atoms with E-state index in [1.54, 1.807) is 0 Å². The molecule has 1 rings (SSSR count). The van der Waals surface area contributed by atoms with E-state index in [1.807, 2.05) is 0 Å². The van der Waals surface area contributed by atoms with E-state index in [0.29, 0.717) is 5.11 Å². The van der Waals surface area contributed by atoms with E-state index in [1.165, 1.54) is 0 Å². The summed E-state index contributed by atoms with van der Waals surface area (Å²) in [6, 6.07) is 0. The molecule has 0 aromatic heterocycles. The molecule has 0 amide bonds. The van der Waals surface area contributed by atoms with Gasteiger partial charge >= 0.3 is 0 Å². The van der Waals surface area contributed by atoms with Crippen LogP contribution in [0.5, 0.6) is 0 Å². The van der Waals surface area contributed by atoms with Crippen LogP contribution in [0.4, 0.5) is 0 Å². The van der Waals surface area contributed by atoms with Crippen LogP contribution in [-0.4, -0.2) is 55.1 Å². The fraction of sp³-hybridized carbons (Fsp3) is 0.833. The van der Waals surface area contributed by atoms with Crippen LogP contribution in [0.25, 0.3) is 0 Å². The van der Waals surface area contributed by atoms with Crippen LogP contribution < -0.4 is 10.7 Å². The van der Waals surface area contributed by atoms with Crippen molar-refractivity contribution in [2.75, 3.05) is 39.4 Å². The largest absolute Gasteiger partial charge is 0.379 e. The fourth-order valence-corrected chi connectivity index (χ4v) is 1.88. The zero-order valence-electron chi connectivity index (χ0n) is 11.4. The Labute approximate surface area is 115 Å². The summed E-state index contributed by atoms with van der Waals surface area (Å²) in [6.07, 6.45) is 1.92. The van der Waals surface area contributed by atoms with E-state index in [-0.39, 0.29) is 0 Å². The minimum Gasteiger partial charge on any atom is -0.379 e. The lowest BCUT2D eigenvalue weighted by Crippen LogP contribution is -2.42. The highest BCUT2D eigenvalue weighted by Crippen LogP contribution is 1.94. The van der Waals surface area contributed by atoms with E-state index in [2.05, 4.69) is 34.6 Å². The van der Waals surface area contributed by atoms with Gasteiger partial charge in [-0.25, -0.2) is 0 Å². The first-order chi connectivity index (χ1) is 8.76. The van der Waals surface area contributed by atoms with E-state index in [9.17, 15) is 0 Å². The number of hydrazone groups is 1. The average Bonchev–Trinajstić information content (AvgIpc) is 2.41. The van der Waals surface area contributed by atoms with E-state index in [0.717, 1.165) is 57.9 Å². The van der Waals surface area contributed by atoms with Gasteiger partial charge in [0.25, 0.3) is 0 Å². The van der Waals surface area contributed by atoms with Crippen LogP contribution in [-0.2, 0) is 4.74 Å². The lowest BCUT2D eigenvalue weighted by atomic mass is 10.2. The first kappa shape index (κ1) is 15.3. The van der Waals surface area contributed by atoms with Crippen LogP contribution >= 0.6 is 12.2 Å². The molecule has 104 valence electrons. The summed E-state index contributed by atoms with van der Waals surface area (Å²) in [5, 5.41) is 8.02. The number of nitrogens with one attached hydrogen (secondary N) is 2. The Balaban J connectivity index is 2.11. The molecule has 0 unspecified atom stereocenters. The number of hydrogen-bond acceptors (Lipinski definition) is 4. The first-order valence-electron chi connectivity index (χ1n) is 6.65. The molecule has 0 saturated carbocycles. The van der Waals surface area contributed by atoms with E-state index < -0.39 is 0 Å². The number of morpholine rings is 1. The number of thiocarbonyl (C=S) groups is 1. The van der Waals surface area contributed by atoms with Gasteiger partial charge in [-0.05, 0) is 25.1 Å². The van der Waals surface area contributed by atoms with Gasteiger partial charge < -0.3 is 10.1 Å². The van der Waals surface area contributed by atoms with E-state index in [4.69, 9.17) is 17.0 Å². The molecule has 0 bridgehead atoms. The highest BCUT2D eigenvalue weighted by molar-refractivity contribution is 7.80. The predicted octanol–water partition coefficient (Wildman–Crippen LogP) is 0.959. The van der Waals surface area contributed by atoms with Crippen molar-refractivity contribution in [2.45, 2.75) is 26.7 Å². The van der Waals surface area contributed by atoms with Crippen LogP contribution in [0.3, 0.4) is 0 Å². The second-order valence-corrected chi connectivity index (χ2v) is 4.62. The Hall–Kier alpha value is -0.720. The Morgan fingerprint density at radius 2 is 1.94 bits per heavy atom.